The minimum Gasteiger partial charge on any atom is -0.494 e. The second-order valence-corrected chi connectivity index (χ2v) is 5.52. The third kappa shape index (κ3) is 3.32. The van der Waals surface area contributed by atoms with E-state index < -0.39 is 17.9 Å². The highest BCUT2D eigenvalue weighted by Crippen LogP contribution is 2.21. The normalized spacial score (nSPS) is 18.3. The molecule has 1 aliphatic rings. The van der Waals surface area contributed by atoms with Crippen molar-refractivity contribution in [1.82, 2.24) is 10.2 Å². The number of hydrogen-bond acceptors (Lipinski definition) is 3. The summed E-state index contributed by atoms with van der Waals surface area (Å²) in [6, 6.07) is 3.48. The zero-order valence-corrected chi connectivity index (χ0v) is 12.4. The molecule has 21 heavy (non-hydrogen) atoms. The molecule has 0 radical (unpaired) electrons. The van der Waals surface area contributed by atoms with Crippen molar-refractivity contribution in [2.75, 3.05) is 7.11 Å². The number of urea groups is 1. The summed E-state index contributed by atoms with van der Waals surface area (Å²) in [6.45, 7) is 4.03. The van der Waals surface area contributed by atoms with E-state index in [1.165, 1.54) is 19.2 Å². The average molecular weight is 294 g/mol. The number of benzene rings is 1. The summed E-state index contributed by atoms with van der Waals surface area (Å²) in [5.74, 6) is -0.336. The second-order valence-electron chi connectivity index (χ2n) is 5.52. The van der Waals surface area contributed by atoms with Crippen molar-refractivity contribution in [2.24, 2.45) is 5.92 Å². The molecule has 1 unspecified atom stereocenters. The zero-order valence-electron chi connectivity index (χ0n) is 12.4. The minimum absolute atomic E-state index is 0.0557. The molecule has 6 heteroatoms. The van der Waals surface area contributed by atoms with Crippen LogP contribution in [-0.4, -0.2) is 30.0 Å². The van der Waals surface area contributed by atoms with Gasteiger partial charge in [-0.1, -0.05) is 19.9 Å². The van der Waals surface area contributed by atoms with E-state index >= 15 is 0 Å². The van der Waals surface area contributed by atoms with Crippen LogP contribution >= 0.6 is 0 Å². The maximum absolute atomic E-state index is 13.6. The van der Waals surface area contributed by atoms with Gasteiger partial charge in [-0.3, -0.25) is 9.69 Å². The largest absolute Gasteiger partial charge is 0.494 e. The molecule has 1 fully saturated rings. The third-order valence-electron chi connectivity index (χ3n) is 3.37. The molecular formula is C15H19FN2O3. The molecule has 1 saturated heterocycles. The van der Waals surface area contributed by atoms with Crippen molar-refractivity contribution >= 4 is 11.9 Å². The lowest BCUT2D eigenvalue weighted by Crippen LogP contribution is -2.31. The fourth-order valence-corrected chi connectivity index (χ4v) is 2.35. The Hall–Kier alpha value is -2.11. The van der Waals surface area contributed by atoms with Crippen LogP contribution in [0.15, 0.2) is 18.2 Å². The summed E-state index contributed by atoms with van der Waals surface area (Å²) in [7, 11) is 1.38. The molecule has 0 aromatic heterocycles. The Morgan fingerprint density at radius 3 is 2.67 bits per heavy atom. The molecule has 114 valence electrons. The van der Waals surface area contributed by atoms with Gasteiger partial charge in [0.1, 0.15) is 6.04 Å². The van der Waals surface area contributed by atoms with Crippen molar-refractivity contribution < 1.29 is 18.7 Å². The second kappa shape index (κ2) is 6.11. The maximum Gasteiger partial charge on any atom is 0.325 e. The fourth-order valence-electron chi connectivity index (χ4n) is 2.35. The number of hydrogen-bond donors (Lipinski definition) is 1. The quantitative estimate of drug-likeness (QED) is 0.848. The van der Waals surface area contributed by atoms with E-state index in [2.05, 4.69) is 5.32 Å². The highest BCUT2D eigenvalue weighted by molar-refractivity contribution is 6.04. The lowest BCUT2D eigenvalue weighted by molar-refractivity contribution is -0.128. The summed E-state index contributed by atoms with van der Waals surface area (Å²) in [5, 5.41) is 2.66. The van der Waals surface area contributed by atoms with Crippen LogP contribution in [0, 0.1) is 11.7 Å². The van der Waals surface area contributed by atoms with E-state index in [0.29, 0.717) is 17.9 Å². The van der Waals surface area contributed by atoms with E-state index in [1.807, 2.05) is 13.8 Å². The van der Waals surface area contributed by atoms with Gasteiger partial charge in [0.2, 0.25) is 0 Å². The van der Waals surface area contributed by atoms with Crippen LogP contribution < -0.4 is 10.1 Å². The van der Waals surface area contributed by atoms with Gasteiger partial charge < -0.3 is 10.1 Å². The summed E-state index contributed by atoms with van der Waals surface area (Å²) >= 11 is 0. The smallest absolute Gasteiger partial charge is 0.325 e. The molecule has 1 aromatic carbocycles. The van der Waals surface area contributed by atoms with Crippen molar-refractivity contribution in [1.29, 1.82) is 0 Å². The van der Waals surface area contributed by atoms with Crippen LogP contribution in [0.1, 0.15) is 25.8 Å². The predicted molar refractivity (Wildman–Crippen MR) is 75.3 cm³/mol. The van der Waals surface area contributed by atoms with Crippen LogP contribution in [0.3, 0.4) is 0 Å². The van der Waals surface area contributed by atoms with Gasteiger partial charge in [-0.2, -0.15) is 0 Å². The Balaban J connectivity index is 2.10. The highest BCUT2D eigenvalue weighted by atomic mass is 19.1. The summed E-state index contributed by atoms with van der Waals surface area (Å²) in [6.07, 6.45) is 0.595. The number of carbonyl (C=O) groups is 2. The van der Waals surface area contributed by atoms with Gasteiger partial charge >= 0.3 is 6.03 Å². The van der Waals surface area contributed by atoms with Gasteiger partial charge in [0, 0.05) is 0 Å². The van der Waals surface area contributed by atoms with Gasteiger partial charge in [0.05, 0.1) is 13.7 Å². The molecule has 0 spiro atoms. The topological polar surface area (TPSA) is 58.6 Å². The Labute approximate surface area is 123 Å². The van der Waals surface area contributed by atoms with E-state index in [-0.39, 0.29) is 18.2 Å². The maximum atomic E-state index is 13.6. The number of ether oxygens (including phenoxy) is 1. The van der Waals surface area contributed by atoms with Gasteiger partial charge in [-0.15, -0.1) is 0 Å². The van der Waals surface area contributed by atoms with Gasteiger partial charge in [0.15, 0.2) is 11.6 Å². The van der Waals surface area contributed by atoms with Crippen LogP contribution in [0.25, 0.3) is 0 Å². The number of nitrogens with one attached hydrogen (secondary N) is 1. The molecule has 1 heterocycles. The first kappa shape index (κ1) is 15.3. The van der Waals surface area contributed by atoms with Crippen LogP contribution in [0.4, 0.5) is 9.18 Å². The first-order valence-electron chi connectivity index (χ1n) is 6.86. The molecule has 2 rings (SSSR count). The molecule has 0 aliphatic carbocycles. The Morgan fingerprint density at radius 1 is 1.38 bits per heavy atom. The van der Waals surface area contributed by atoms with E-state index in [9.17, 15) is 14.0 Å². The molecule has 0 bridgehead atoms. The van der Waals surface area contributed by atoms with E-state index in [4.69, 9.17) is 4.74 Å². The number of halogens is 1. The lowest BCUT2D eigenvalue weighted by atomic mass is 10.0. The van der Waals surface area contributed by atoms with E-state index in [1.54, 1.807) is 6.07 Å². The van der Waals surface area contributed by atoms with Crippen LogP contribution in [-0.2, 0) is 11.3 Å². The number of rotatable bonds is 5. The molecule has 1 aliphatic heterocycles. The third-order valence-corrected chi connectivity index (χ3v) is 3.37. The van der Waals surface area contributed by atoms with E-state index in [0.717, 1.165) is 4.90 Å². The average Bonchev–Trinajstić information content (AvgIpc) is 2.66. The van der Waals surface area contributed by atoms with Gasteiger partial charge in [-0.05, 0) is 30.0 Å². The number of nitrogens with zero attached hydrogens (tertiary/aromatic N) is 1. The van der Waals surface area contributed by atoms with Crippen LogP contribution in [0.2, 0.25) is 0 Å². The monoisotopic (exact) mass is 294 g/mol. The summed E-state index contributed by atoms with van der Waals surface area (Å²) < 4.78 is 18.5. The Morgan fingerprint density at radius 2 is 2.10 bits per heavy atom. The number of imide groups is 1. The van der Waals surface area contributed by atoms with Crippen molar-refractivity contribution in [2.45, 2.75) is 32.9 Å². The SMILES string of the molecule is COc1ccc(CN2C(=O)NC(CC(C)C)C2=O)cc1F. The first-order chi connectivity index (χ1) is 9.92. The molecular weight excluding hydrogens is 275 g/mol. The van der Waals surface area contributed by atoms with Gasteiger partial charge in [-0.25, -0.2) is 9.18 Å². The lowest BCUT2D eigenvalue weighted by Gasteiger charge is -2.14. The van der Waals surface area contributed by atoms with Crippen molar-refractivity contribution in [3.05, 3.63) is 29.6 Å². The zero-order chi connectivity index (χ0) is 15.6. The summed E-state index contributed by atoms with van der Waals surface area (Å²) in [4.78, 5) is 25.2. The first-order valence-corrected chi connectivity index (χ1v) is 6.86. The molecule has 3 amide bonds. The number of amides is 3. The fraction of sp³-hybridized carbons (Fsp3) is 0.467. The molecule has 1 atom stereocenters. The van der Waals surface area contributed by atoms with Crippen molar-refractivity contribution in [3.8, 4) is 5.75 Å². The van der Waals surface area contributed by atoms with Crippen LogP contribution in [0.5, 0.6) is 5.75 Å². The Kier molecular flexibility index (Phi) is 4.45. The number of methoxy groups -OCH3 is 1. The van der Waals surface area contributed by atoms with Gasteiger partial charge in [0.25, 0.3) is 5.91 Å². The molecule has 0 saturated carbocycles. The Bertz CT molecular complexity index is 560. The summed E-state index contributed by atoms with van der Waals surface area (Å²) in [5.41, 5.74) is 0.544. The minimum atomic E-state index is -0.513. The highest BCUT2D eigenvalue weighted by Gasteiger charge is 2.37. The molecule has 1 N–H and O–H groups in total. The molecule has 5 nitrogen and oxygen atoms in total. The standard InChI is InChI=1S/C15H19FN2O3/c1-9(2)6-12-14(19)18(15(20)17-12)8-10-4-5-13(21-3)11(16)7-10/h4-5,7,9,12H,6,8H2,1-3H3,(H,17,20). The predicted octanol–water partition coefficient (Wildman–Crippen LogP) is 2.30. The molecule has 1 aromatic rings. The number of carbonyl (C=O) groups excluding carboxylic acids is 2. The van der Waals surface area contributed by atoms with Crippen molar-refractivity contribution in [3.63, 3.8) is 0 Å².